The van der Waals surface area contributed by atoms with E-state index in [0.717, 1.165) is 10.2 Å². The number of ketones is 1. The molecule has 20 heavy (non-hydrogen) atoms. The second-order valence-corrected chi connectivity index (χ2v) is 5.12. The lowest BCUT2D eigenvalue weighted by atomic mass is 10.1. The lowest BCUT2D eigenvalue weighted by Gasteiger charge is -2.06. The number of hydrogen-bond donors (Lipinski definition) is 0. The second-order valence-electron chi connectivity index (χ2n) is 4.22. The van der Waals surface area contributed by atoms with Gasteiger partial charge in [-0.3, -0.25) is 4.79 Å². The Morgan fingerprint density at radius 1 is 1.20 bits per heavy atom. The number of rotatable bonds is 4. The first-order valence-corrected chi connectivity index (χ1v) is 7.15. The van der Waals surface area contributed by atoms with Gasteiger partial charge in [0.1, 0.15) is 16.9 Å². The number of fused-ring (bicyclic) bond motifs is 1. The molecule has 0 saturated heterocycles. The number of Topliss-reactive ketones (excluding diaryl/α,β-unsaturated/α-hetero) is 1. The number of benzene rings is 1. The maximum absolute atomic E-state index is 11.6. The van der Waals surface area contributed by atoms with Crippen molar-refractivity contribution in [3.8, 4) is 11.6 Å². The summed E-state index contributed by atoms with van der Waals surface area (Å²) in [6.45, 7) is 1.85. The molecule has 5 heteroatoms. The van der Waals surface area contributed by atoms with Gasteiger partial charge in [-0.2, -0.15) is 0 Å². The fourth-order valence-electron chi connectivity index (χ4n) is 1.87. The first-order valence-electron chi connectivity index (χ1n) is 6.27. The number of carbonyl (C=O) groups is 1. The van der Waals surface area contributed by atoms with E-state index in [2.05, 4.69) is 9.97 Å². The zero-order chi connectivity index (χ0) is 13.9. The lowest BCUT2D eigenvalue weighted by Crippen LogP contribution is -1.96. The Kier molecular flexibility index (Phi) is 3.43. The van der Waals surface area contributed by atoms with Gasteiger partial charge in [0.15, 0.2) is 5.78 Å². The molecule has 0 amide bonds. The van der Waals surface area contributed by atoms with E-state index in [9.17, 15) is 4.79 Å². The van der Waals surface area contributed by atoms with Crippen LogP contribution in [-0.2, 0) is 0 Å². The van der Waals surface area contributed by atoms with Crippen LogP contribution in [0.4, 0.5) is 0 Å². The molecule has 2 aromatic heterocycles. The van der Waals surface area contributed by atoms with Gasteiger partial charge in [-0.15, -0.1) is 11.3 Å². The van der Waals surface area contributed by atoms with Gasteiger partial charge in [0, 0.05) is 12.0 Å². The van der Waals surface area contributed by atoms with Crippen LogP contribution in [0.1, 0.15) is 23.7 Å². The van der Waals surface area contributed by atoms with E-state index in [-0.39, 0.29) is 5.78 Å². The Bertz CT molecular complexity index is 750. The average Bonchev–Trinajstić information content (AvgIpc) is 2.97. The van der Waals surface area contributed by atoms with Crippen molar-refractivity contribution in [2.45, 2.75) is 13.3 Å². The maximum Gasteiger partial charge on any atom is 0.231 e. The van der Waals surface area contributed by atoms with Gasteiger partial charge in [-0.05, 0) is 35.7 Å². The molecule has 0 N–H and O–H groups in total. The third kappa shape index (κ3) is 2.40. The molecular weight excluding hydrogens is 272 g/mol. The summed E-state index contributed by atoms with van der Waals surface area (Å²) in [5.41, 5.74) is 0.697. The molecule has 0 fully saturated rings. The smallest absolute Gasteiger partial charge is 0.231 e. The third-order valence-corrected chi connectivity index (χ3v) is 3.76. The van der Waals surface area contributed by atoms with Crippen molar-refractivity contribution in [2.75, 3.05) is 0 Å². The van der Waals surface area contributed by atoms with Gasteiger partial charge in [0.2, 0.25) is 5.88 Å². The number of nitrogens with zero attached hydrogens (tertiary/aromatic N) is 2. The number of thiophene rings is 1. The van der Waals surface area contributed by atoms with E-state index in [1.54, 1.807) is 35.6 Å². The van der Waals surface area contributed by atoms with Crippen LogP contribution in [-0.4, -0.2) is 15.8 Å². The Balaban J connectivity index is 1.88. The molecule has 100 valence electrons. The highest BCUT2D eigenvalue weighted by atomic mass is 32.1. The van der Waals surface area contributed by atoms with Crippen LogP contribution in [0.5, 0.6) is 11.6 Å². The zero-order valence-electron chi connectivity index (χ0n) is 10.9. The van der Waals surface area contributed by atoms with Gasteiger partial charge >= 0.3 is 0 Å². The molecule has 2 heterocycles. The first-order chi connectivity index (χ1) is 9.78. The highest BCUT2D eigenvalue weighted by Crippen LogP contribution is 2.29. The molecule has 1 aromatic carbocycles. The molecular formula is C15H12N2O2S. The molecule has 0 radical (unpaired) electrons. The van der Waals surface area contributed by atoms with Crippen LogP contribution in [0.25, 0.3) is 10.2 Å². The van der Waals surface area contributed by atoms with Gasteiger partial charge < -0.3 is 4.74 Å². The summed E-state index contributed by atoms with van der Waals surface area (Å²) in [6.07, 6.45) is 1.99. The number of aromatic nitrogens is 2. The summed E-state index contributed by atoms with van der Waals surface area (Å²) in [5, 5.41) is 2.85. The van der Waals surface area contributed by atoms with Gasteiger partial charge in [0.25, 0.3) is 0 Å². The largest absolute Gasteiger partial charge is 0.438 e. The molecule has 3 rings (SSSR count). The molecule has 0 spiro atoms. The van der Waals surface area contributed by atoms with E-state index >= 15 is 0 Å². The molecule has 0 atom stereocenters. The standard InChI is InChI=1S/C15H12N2O2S/c1-2-13(18)10-3-5-11(6-4-10)19-14-12-7-8-20-15(12)17-9-16-14/h3-9H,2H2,1H3. The van der Waals surface area contributed by atoms with Gasteiger partial charge in [-0.1, -0.05) is 6.92 Å². The van der Waals surface area contributed by atoms with E-state index in [0.29, 0.717) is 23.6 Å². The summed E-state index contributed by atoms with van der Waals surface area (Å²) in [7, 11) is 0. The second kappa shape index (κ2) is 5.38. The van der Waals surface area contributed by atoms with Crippen LogP contribution >= 0.6 is 11.3 Å². The Morgan fingerprint density at radius 3 is 2.75 bits per heavy atom. The molecule has 0 unspecified atom stereocenters. The molecule has 3 aromatic rings. The number of carbonyl (C=O) groups excluding carboxylic acids is 1. The normalized spacial score (nSPS) is 10.7. The fourth-order valence-corrected chi connectivity index (χ4v) is 2.60. The Morgan fingerprint density at radius 2 is 2.00 bits per heavy atom. The first kappa shape index (κ1) is 12.7. The summed E-state index contributed by atoms with van der Waals surface area (Å²) >= 11 is 1.55. The highest BCUT2D eigenvalue weighted by Gasteiger charge is 2.08. The maximum atomic E-state index is 11.6. The minimum absolute atomic E-state index is 0.124. The number of hydrogen-bond acceptors (Lipinski definition) is 5. The average molecular weight is 284 g/mol. The van der Waals surface area contributed by atoms with Crippen LogP contribution in [0.15, 0.2) is 42.0 Å². The quantitative estimate of drug-likeness (QED) is 0.677. The fraction of sp³-hybridized carbons (Fsp3) is 0.133. The van der Waals surface area contributed by atoms with Crippen molar-refractivity contribution in [3.63, 3.8) is 0 Å². The monoisotopic (exact) mass is 284 g/mol. The molecule has 0 aliphatic carbocycles. The topological polar surface area (TPSA) is 52.1 Å². The van der Waals surface area contributed by atoms with Crippen LogP contribution in [0.2, 0.25) is 0 Å². The third-order valence-electron chi connectivity index (χ3n) is 2.94. The Labute approximate surface area is 120 Å². The molecule has 0 aliphatic heterocycles. The summed E-state index contributed by atoms with van der Waals surface area (Å²) < 4.78 is 5.76. The van der Waals surface area contributed by atoms with Crippen molar-refractivity contribution in [1.29, 1.82) is 0 Å². The minimum atomic E-state index is 0.124. The van der Waals surface area contributed by atoms with Crippen LogP contribution < -0.4 is 4.74 Å². The van der Waals surface area contributed by atoms with Crippen LogP contribution in [0.3, 0.4) is 0 Å². The van der Waals surface area contributed by atoms with E-state index < -0.39 is 0 Å². The Hall–Kier alpha value is -2.27. The summed E-state index contributed by atoms with van der Waals surface area (Å²) in [5.74, 6) is 1.31. The van der Waals surface area contributed by atoms with Gasteiger partial charge in [-0.25, -0.2) is 9.97 Å². The predicted molar refractivity (Wildman–Crippen MR) is 78.6 cm³/mol. The zero-order valence-corrected chi connectivity index (χ0v) is 11.7. The van der Waals surface area contributed by atoms with E-state index in [1.165, 1.54) is 6.33 Å². The van der Waals surface area contributed by atoms with Crippen molar-refractivity contribution in [3.05, 3.63) is 47.6 Å². The highest BCUT2D eigenvalue weighted by molar-refractivity contribution is 7.16. The van der Waals surface area contributed by atoms with E-state index in [4.69, 9.17) is 4.74 Å². The SMILES string of the molecule is CCC(=O)c1ccc(Oc2ncnc3sccc23)cc1. The molecule has 4 nitrogen and oxygen atoms in total. The van der Waals surface area contributed by atoms with Crippen molar-refractivity contribution >= 4 is 27.3 Å². The number of ether oxygens (including phenoxy) is 1. The molecule has 0 saturated carbocycles. The minimum Gasteiger partial charge on any atom is -0.438 e. The lowest BCUT2D eigenvalue weighted by molar-refractivity contribution is 0.0988. The molecule has 0 bridgehead atoms. The summed E-state index contributed by atoms with van der Waals surface area (Å²) in [4.78, 5) is 20.8. The van der Waals surface area contributed by atoms with Crippen molar-refractivity contribution in [2.24, 2.45) is 0 Å². The van der Waals surface area contributed by atoms with Gasteiger partial charge in [0.05, 0.1) is 5.39 Å². The van der Waals surface area contributed by atoms with Crippen molar-refractivity contribution < 1.29 is 9.53 Å². The summed E-state index contributed by atoms with van der Waals surface area (Å²) in [6, 6.07) is 9.04. The molecule has 0 aliphatic rings. The predicted octanol–water partition coefficient (Wildman–Crippen LogP) is 4.08. The van der Waals surface area contributed by atoms with Crippen LogP contribution in [0, 0.1) is 0 Å². The van der Waals surface area contributed by atoms with E-state index in [1.807, 2.05) is 18.4 Å². The van der Waals surface area contributed by atoms with Crippen molar-refractivity contribution in [1.82, 2.24) is 9.97 Å².